The Bertz CT molecular complexity index is 312. The number of hydrogen-bond donors (Lipinski definition) is 2. The van der Waals surface area contributed by atoms with Crippen molar-refractivity contribution in [3.63, 3.8) is 0 Å². The van der Waals surface area contributed by atoms with Crippen molar-refractivity contribution in [3.8, 4) is 5.75 Å². The molecule has 1 unspecified atom stereocenters. The average molecular weight is 235 g/mol. The first-order valence-corrected chi connectivity index (χ1v) is 6.77. The number of aromatic hydroxyl groups is 1. The first-order valence-electron chi connectivity index (χ1n) is 6.77. The lowest BCUT2D eigenvalue weighted by Crippen LogP contribution is -2.28. The van der Waals surface area contributed by atoms with Gasteiger partial charge in [-0.2, -0.15) is 0 Å². The molecule has 0 aliphatic rings. The molecule has 1 rings (SSSR count). The van der Waals surface area contributed by atoms with Crippen LogP contribution in [-0.2, 0) is 6.54 Å². The molecule has 96 valence electrons. The molecule has 0 aliphatic heterocycles. The summed E-state index contributed by atoms with van der Waals surface area (Å²) >= 11 is 0. The molecule has 2 nitrogen and oxygen atoms in total. The number of unbranched alkanes of at least 4 members (excludes halogenated alkanes) is 1. The third kappa shape index (κ3) is 5.73. The maximum absolute atomic E-state index is 9.40. The number of phenols is 1. The third-order valence-corrected chi connectivity index (χ3v) is 3.05. The fraction of sp³-hybridized carbons (Fsp3) is 0.600. The molecule has 2 N–H and O–H groups in total. The minimum Gasteiger partial charge on any atom is -0.508 e. The van der Waals surface area contributed by atoms with Crippen molar-refractivity contribution in [1.82, 2.24) is 5.32 Å². The summed E-state index contributed by atoms with van der Waals surface area (Å²) in [4.78, 5) is 0. The van der Waals surface area contributed by atoms with Gasteiger partial charge in [-0.25, -0.2) is 0 Å². The van der Waals surface area contributed by atoms with Crippen molar-refractivity contribution in [2.24, 2.45) is 0 Å². The van der Waals surface area contributed by atoms with Crippen molar-refractivity contribution in [3.05, 3.63) is 29.8 Å². The van der Waals surface area contributed by atoms with E-state index >= 15 is 0 Å². The van der Waals surface area contributed by atoms with Crippen molar-refractivity contribution >= 4 is 0 Å². The molecule has 0 aliphatic carbocycles. The second-order valence-corrected chi connectivity index (χ2v) is 4.68. The maximum Gasteiger partial charge on any atom is 0.115 e. The zero-order valence-electron chi connectivity index (χ0n) is 11.1. The van der Waals surface area contributed by atoms with Crippen LogP contribution in [-0.4, -0.2) is 11.1 Å². The molecule has 0 bridgehead atoms. The zero-order chi connectivity index (χ0) is 12.5. The average Bonchev–Trinajstić information content (AvgIpc) is 2.33. The van der Waals surface area contributed by atoms with E-state index in [0.29, 0.717) is 11.8 Å². The number of rotatable bonds is 8. The Labute approximate surface area is 105 Å². The highest BCUT2D eigenvalue weighted by atomic mass is 16.3. The highest BCUT2D eigenvalue weighted by Crippen LogP contribution is 2.12. The van der Waals surface area contributed by atoms with Crippen LogP contribution in [0.4, 0.5) is 0 Å². The smallest absolute Gasteiger partial charge is 0.115 e. The Balaban J connectivity index is 2.39. The van der Waals surface area contributed by atoms with Crippen molar-refractivity contribution in [1.29, 1.82) is 0 Å². The Morgan fingerprint density at radius 1 is 1.18 bits per heavy atom. The lowest BCUT2D eigenvalue weighted by Gasteiger charge is -2.18. The van der Waals surface area contributed by atoms with Crippen LogP contribution in [0.2, 0.25) is 0 Å². The van der Waals surface area contributed by atoms with E-state index in [1.165, 1.54) is 32.1 Å². The SMILES string of the molecule is CCCCC(CCC)NCc1cccc(O)c1. The molecule has 0 spiro atoms. The second-order valence-electron chi connectivity index (χ2n) is 4.68. The van der Waals surface area contributed by atoms with Gasteiger partial charge in [-0.05, 0) is 30.5 Å². The number of benzene rings is 1. The lowest BCUT2D eigenvalue weighted by molar-refractivity contribution is 0.432. The summed E-state index contributed by atoms with van der Waals surface area (Å²) in [7, 11) is 0. The molecule has 0 saturated heterocycles. The van der Waals surface area contributed by atoms with Crippen LogP contribution < -0.4 is 5.32 Å². The van der Waals surface area contributed by atoms with Gasteiger partial charge < -0.3 is 10.4 Å². The second kappa shape index (κ2) is 8.13. The fourth-order valence-electron chi connectivity index (χ4n) is 2.08. The van der Waals surface area contributed by atoms with Gasteiger partial charge in [0.25, 0.3) is 0 Å². The van der Waals surface area contributed by atoms with E-state index in [9.17, 15) is 5.11 Å². The largest absolute Gasteiger partial charge is 0.508 e. The van der Waals surface area contributed by atoms with Gasteiger partial charge in [0, 0.05) is 12.6 Å². The first-order chi connectivity index (χ1) is 8.26. The molecule has 0 aromatic heterocycles. The molecule has 0 saturated carbocycles. The van der Waals surface area contributed by atoms with Crippen LogP contribution in [0, 0.1) is 0 Å². The van der Waals surface area contributed by atoms with Gasteiger partial charge in [-0.3, -0.25) is 0 Å². The Hall–Kier alpha value is -1.02. The molecule has 1 aromatic rings. The molecule has 0 amide bonds. The van der Waals surface area contributed by atoms with Crippen LogP contribution in [0.5, 0.6) is 5.75 Å². The summed E-state index contributed by atoms with van der Waals surface area (Å²) < 4.78 is 0. The summed E-state index contributed by atoms with van der Waals surface area (Å²) in [6.45, 7) is 5.32. The summed E-state index contributed by atoms with van der Waals surface area (Å²) in [5.41, 5.74) is 1.16. The molecule has 0 radical (unpaired) electrons. The number of hydrogen-bond acceptors (Lipinski definition) is 2. The molecular formula is C15H25NO. The Kier molecular flexibility index (Phi) is 6.71. The molecule has 2 heteroatoms. The minimum atomic E-state index is 0.352. The molecule has 1 atom stereocenters. The molecule has 0 fully saturated rings. The van der Waals surface area contributed by atoms with Crippen LogP contribution in [0.25, 0.3) is 0 Å². The maximum atomic E-state index is 9.40. The predicted octanol–water partition coefficient (Wildman–Crippen LogP) is 3.84. The number of phenolic OH excluding ortho intramolecular Hbond substituents is 1. The number of nitrogens with one attached hydrogen (secondary N) is 1. The summed E-state index contributed by atoms with van der Waals surface area (Å²) in [6.07, 6.45) is 6.26. The Morgan fingerprint density at radius 2 is 2.00 bits per heavy atom. The van der Waals surface area contributed by atoms with Crippen molar-refractivity contribution < 1.29 is 5.11 Å². The van der Waals surface area contributed by atoms with E-state index in [2.05, 4.69) is 25.2 Å². The highest BCUT2D eigenvalue weighted by Gasteiger charge is 2.06. The topological polar surface area (TPSA) is 32.3 Å². The van der Waals surface area contributed by atoms with Gasteiger partial charge in [0.05, 0.1) is 0 Å². The normalized spacial score (nSPS) is 12.6. The van der Waals surface area contributed by atoms with Gasteiger partial charge in [-0.1, -0.05) is 45.2 Å². The highest BCUT2D eigenvalue weighted by molar-refractivity contribution is 5.26. The van der Waals surface area contributed by atoms with Gasteiger partial charge in [0.1, 0.15) is 5.75 Å². The molecule has 17 heavy (non-hydrogen) atoms. The van der Waals surface area contributed by atoms with E-state index in [1.54, 1.807) is 6.07 Å². The quantitative estimate of drug-likeness (QED) is 0.717. The van der Waals surface area contributed by atoms with E-state index in [1.807, 2.05) is 12.1 Å². The van der Waals surface area contributed by atoms with E-state index in [4.69, 9.17) is 0 Å². The van der Waals surface area contributed by atoms with Gasteiger partial charge in [-0.15, -0.1) is 0 Å². The van der Waals surface area contributed by atoms with Gasteiger partial charge in [0.2, 0.25) is 0 Å². The van der Waals surface area contributed by atoms with Crippen LogP contribution in [0.3, 0.4) is 0 Å². The van der Waals surface area contributed by atoms with Crippen LogP contribution >= 0.6 is 0 Å². The summed E-state index contributed by atoms with van der Waals surface area (Å²) in [5.74, 6) is 0.352. The van der Waals surface area contributed by atoms with E-state index in [0.717, 1.165) is 12.1 Å². The summed E-state index contributed by atoms with van der Waals surface area (Å²) in [6, 6.07) is 8.10. The van der Waals surface area contributed by atoms with E-state index in [-0.39, 0.29) is 0 Å². The van der Waals surface area contributed by atoms with Gasteiger partial charge in [0.15, 0.2) is 0 Å². The third-order valence-electron chi connectivity index (χ3n) is 3.05. The lowest BCUT2D eigenvalue weighted by atomic mass is 10.0. The van der Waals surface area contributed by atoms with Gasteiger partial charge >= 0.3 is 0 Å². The zero-order valence-corrected chi connectivity index (χ0v) is 11.1. The van der Waals surface area contributed by atoms with Crippen LogP contribution in [0.1, 0.15) is 51.5 Å². The van der Waals surface area contributed by atoms with Crippen molar-refractivity contribution in [2.45, 2.75) is 58.5 Å². The van der Waals surface area contributed by atoms with E-state index < -0.39 is 0 Å². The summed E-state index contributed by atoms with van der Waals surface area (Å²) in [5, 5.41) is 13.0. The Morgan fingerprint density at radius 3 is 2.65 bits per heavy atom. The standard InChI is InChI=1S/C15H25NO/c1-3-5-9-14(7-4-2)16-12-13-8-6-10-15(17)11-13/h6,8,10-11,14,16-17H,3-5,7,9,12H2,1-2H3. The fourth-order valence-corrected chi connectivity index (χ4v) is 2.08. The van der Waals surface area contributed by atoms with Crippen molar-refractivity contribution in [2.75, 3.05) is 0 Å². The van der Waals surface area contributed by atoms with Crippen LogP contribution in [0.15, 0.2) is 24.3 Å². The molecule has 0 heterocycles. The first kappa shape index (κ1) is 14.0. The predicted molar refractivity (Wildman–Crippen MR) is 73.2 cm³/mol. The molecular weight excluding hydrogens is 210 g/mol. The molecule has 1 aromatic carbocycles. The minimum absolute atomic E-state index is 0.352. The monoisotopic (exact) mass is 235 g/mol.